The molecule has 0 aromatic heterocycles. The summed E-state index contributed by atoms with van der Waals surface area (Å²) >= 11 is 8.03. The van der Waals surface area contributed by atoms with E-state index in [1.54, 1.807) is 12.1 Å². The van der Waals surface area contributed by atoms with Gasteiger partial charge in [-0.2, -0.15) is 24.9 Å². The summed E-state index contributed by atoms with van der Waals surface area (Å²) in [7, 11) is 0. The monoisotopic (exact) mass is 338 g/mol. The van der Waals surface area contributed by atoms with E-state index in [1.807, 2.05) is 11.8 Å². The molecular weight excluding hydrogens is 325 g/mol. The second-order valence-electron chi connectivity index (χ2n) is 4.61. The summed E-state index contributed by atoms with van der Waals surface area (Å²) < 4.78 is 36.3. The standard InChI is InChI=1S/C13H14ClF3N2OS/c14-10-7-9(18-12(20)8-13(15,16)17)1-2-11(10)19-3-5-21-6-4-19/h1-2,7H,3-6,8H2,(H,18,20). The normalized spacial score (nSPS) is 15.9. The molecule has 0 unspecified atom stereocenters. The molecule has 0 bridgehead atoms. The van der Waals surface area contributed by atoms with Gasteiger partial charge < -0.3 is 10.2 Å². The number of nitrogens with zero attached hydrogens (tertiary/aromatic N) is 1. The number of amides is 1. The highest BCUT2D eigenvalue weighted by Gasteiger charge is 2.31. The Labute approximate surface area is 129 Å². The van der Waals surface area contributed by atoms with Crippen molar-refractivity contribution in [2.24, 2.45) is 0 Å². The number of nitrogens with one attached hydrogen (secondary N) is 1. The van der Waals surface area contributed by atoms with Crippen LogP contribution >= 0.6 is 23.4 Å². The van der Waals surface area contributed by atoms with Crippen molar-refractivity contribution in [3.05, 3.63) is 23.2 Å². The van der Waals surface area contributed by atoms with E-state index >= 15 is 0 Å². The van der Waals surface area contributed by atoms with E-state index in [2.05, 4.69) is 10.2 Å². The zero-order chi connectivity index (χ0) is 15.5. The predicted molar refractivity (Wildman–Crippen MR) is 80.3 cm³/mol. The number of carbonyl (C=O) groups is 1. The van der Waals surface area contributed by atoms with E-state index in [0.717, 1.165) is 30.3 Å². The Kier molecular flexibility index (Phi) is 5.27. The van der Waals surface area contributed by atoms with Crippen LogP contribution in [0.4, 0.5) is 24.5 Å². The number of rotatable bonds is 3. The number of hydrogen-bond donors (Lipinski definition) is 1. The Bertz CT molecular complexity index is 519. The van der Waals surface area contributed by atoms with Gasteiger partial charge in [0.15, 0.2) is 0 Å². The van der Waals surface area contributed by atoms with Crippen LogP contribution in [0.3, 0.4) is 0 Å². The smallest absolute Gasteiger partial charge is 0.369 e. The van der Waals surface area contributed by atoms with Crippen LogP contribution in [0.15, 0.2) is 18.2 Å². The van der Waals surface area contributed by atoms with Crippen molar-refractivity contribution >= 4 is 40.6 Å². The number of benzene rings is 1. The first-order valence-corrected chi connectivity index (χ1v) is 7.87. The molecule has 0 atom stereocenters. The van der Waals surface area contributed by atoms with Crippen molar-refractivity contribution in [3.8, 4) is 0 Å². The number of hydrogen-bond acceptors (Lipinski definition) is 3. The van der Waals surface area contributed by atoms with Gasteiger partial charge in [-0.3, -0.25) is 4.79 Å². The lowest BCUT2D eigenvalue weighted by atomic mass is 10.2. The summed E-state index contributed by atoms with van der Waals surface area (Å²) in [6.45, 7) is 1.76. The number of alkyl halides is 3. The van der Waals surface area contributed by atoms with E-state index < -0.39 is 18.5 Å². The van der Waals surface area contributed by atoms with E-state index in [1.165, 1.54) is 6.07 Å². The van der Waals surface area contributed by atoms with Crippen LogP contribution in [0.5, 0.6) is 0 Å². The highest BCUT2D eigenvalue weighted by Crippen LogP contribution is 2.31. The van der Waals surface area contributed by atoms with Crippen LogP contribution in [-0.2, 0) is 4.79 Å². The lowest BCUT2D eigenvalue weighted by Crippen LogP contribution is -2.32. The average Bonchev–Trinajstić information content (AvgIpc) is 2.37. The second kappa shape index (κ2) is 6.79. The Balaban J connectivity index is 2.03. The van der Waals surface area contributed by atoms with Crippen LogP contribution in [0.2, 0.25) is 5.02 Å². The van der Waals surface area contributed by atoms with Crippen molar-refractivity contribution in [3.63, 3.8) is 0 Å². The first-order chi connectivity index (χ1) is 9.85. The Hall–Kier alpha value is -1.08. The average molecular weight is 339 g/mol. The predicted octanol–water partition coefficient (Wildman–Crippen LogP) is 3.78. The summed E-state index contributed by atoms with van der Waals surface area (Å²) in [6, 6.07) is 4.77. The highest BCUT2D eigenvalue weighted by molar-refractivity contribution is 7.99. The molecule has 1 aliphatic heterocycles. The van der Waals surface area contributed by atoms with E-state index in [9.17, 15) is 18.0 Å². The van der Waals surface area contributed by atoms with Gasteiger partial charge in [0.2, 0.25) is 5.91 Å². The number of carbonyl (C=O) groups excluding carboxylic acids is 1. The summed E-state index contributed by atoms with van der Waals surface area (Å²) in [5.74, 6) is 0.932. The SMILES string of the molecule is O=C(CC(F)(F)F)Nc1ccc(N2CCSCC2)c(Cl)c1. The molecule has 21 heavy (non-hydrogen) atoms. The molecule has 0 saturated carbocycles. The molecule has 0 radical (unpaired) electrons. The van der Waals surface area contributed by atoms with Crippen molar-refractivity contribution < 1.29 is 18.0 Å². The third-order valence-corrected chi connectivity index (χ3v) is 4.19. The fourth-order valence-corrected chi connectivity index (χ4v) is 3.24. The molecule has 0 aliphatic carbocycles. The lowest BCUT2D eigenvalue weighted by molar-refractivity contribution is -0.150. The Morgan fingerprint density at radius 1 is 1.33 bits per heavy atom. The fourth-order valence-electron chi connectivity index (χ4n) is 2.03. The van der Waals surface area contributed by atoms with E-state index in [-0.39, 0.29) is 5.69 Å². The summed E-state index contributed by atoms with van der Waals surface area (Å²) in [5.41, 5.74) is 1.11. The Morgan fingerprint density at radius 2 is 2.00 bits per heavy atom. The van der Waals surface area contributed by atoms with Crippen LogP contribution in [0.25, 0.3) is 0 Å². The zero-order valence-electron chi connectivity index (χ0n) is 11.0. The zero-order valence-corrected chi connectivity index (χ0v) is 12.6. The van der Waals surface area contributed by atoms with Crippen LogP contribution < -0.4 is 10.2 Å². The molecule has 1 saturated heterocycles. The molecule has 2 rings (SSSR count). The Morgan fingerprint density at radius 3 is 2.57 bits per heavy atom. The lowest BCUT2D eigenvalue weighted by Gasteiger charge is -2.29. The number of anilines is 2. The van der Waals surface area contributed by atoms with Crippen LogP contribution in [-0.4, -0.2) is 36.7 Å². The first kappa shape index (κ1) is 16.3. The third kappa shape index (κ3) is 5.00. The van der Waals surface area contributed by atoms with Gasteiger partial charge in [0.1, 0.15) is 6.42 Å². The molecule has 1 aliphatic rings. The summed E-state index contributed by atoms with van der Waals surface area (Å²) in [5, 5.41) is 2.63. The maximum atomic E-state index is 12.1. The van der Waals surface area contributed by atoms with Crippen LogP contribution in [0.1, 0.15) is 6.42 Å². The van der Waals surface area contributed by atoms with Gasteiger partial charge in [0.05, 0.1) is 10.7 Å². The van der Waals surface area contributed by atoms with Crippen molar-refractivity contribution in [1.82, 2.24) is 0 Å². The molecule has 8 heteroatoms. The van der Waals surface area contributed by atoms with Gasteiger partial charge >= 0.3 is 6.18 Å². The van der Waals surface area contributed by atoms with E-state index in [0.29, 0.717) is 5.02 Å². The third-order valence-electron chi connectivity index (χ3n) is 2.94. The van der Waals surface area contributed by atoms with Gasteiger partial charge in [-0.15, -0.1) is 0 Å². The van der Waals surface area contributed by atoms with Crippen molar-refractivity contribution in [2.45, 2.75) is 12.6 Å². The maximum Gasteiger partial charge on any atom is 0.397 e. The number of halogens is 4. The molecule has 1 amide bonds. The first-order valence-electron chi connectivity index (χ1n) is 6.34. The second-order valence-corrected chi connectivity index (χ2v) is 6.24. The molecule has 3 nitrogen and oxygen atoms in total. The highest BCUT2D eigenvalue weighted by atomic mass is 35.5. The van der Waals surface area contributed by atoms with Gasteiger partial charge in [0, 0.05) is 30.3 Å². The molecule has 1 aromatic rings. The van der Waals surface area contributed by atoms with Gasteiger partial charge in [-0.05, 0) is 18.2 Å². The molecule has 1 N–H and O–H groups in total. The quantitative estimate of drug-likeness (QED) is 0.910. The molecule has 0 spiro atoms. The summed E-state index contributed by atoms with van der Waals surface area (Å²) in [6.07, 6.45) is -6.02. The van der Waals surface area contributed by atoms with Gasteiger partial charge in [-0.1, -0.05) is 11.6 Å². The van der Waals surface area contributed by atoms with Gasteiger partial charge in [-0.25, -0.2) is 0 Å². The molecule has 1 fully saturated rings. The topological polar surface area (TPSA) is 32.3 Å². The minimum atomic E-state index is -4.51. The summed E-state index contributed by atoms with van der Waals surface area (Å²) in [4.78, 5) is 13.4. The molecule has 116 valence electrons. The largest absolute Gasteiger partial charge is 0.397 e. The molecule has 1 aromatic carbocycles. The van der Waals surface area contributed by atoms with Crippen LogP contribution in [0, 0.1) is 0 Å². The minimum Gasteiger partial charge on any atom is -0.369 e. The fraction of sp³-hybridized carbons (Fsp3) is 0.462. The molecular formula is C13H14ClF3N2OS. The van der Waals surface area contributed by atoms with Crippen molar-refractivity contribution in [2.75, 3.05) is 34.8 Å². The minimum absolute atomic E-state index is 0.268. The van der Waals surface area contributed by atoms with Crippen molar-refractivity contribution in [1.29, 1.82) is 0 Å². The molecule has 1 heterocycles. The maximum absolute atomic E-state index is 12.1. The van der Waals surface area contributed by atoms with Gasteiger partial charge in [0.25, 0.3) is 0 Å². The number of thioether (sulfide) groups is 1. The van der Waals surface area contributed by atoms with E-state index in [4.69, 9.17) is 11.6 Å².